The molecule has 0 aromatic carbocycles. The normalized spacial score (nSPS) is 27.4. The van der Waals surface area contributed by atoms with Crippen molar-refractivity contribution < 1.29 is 9.16 Å². The molecule has 0 aliphatic carbocycles. The number of hydrogen-bond donors (Lipinski definition) is 0. The van der Waals surface area contributed by atoms with Gasteiger partial charge in [-0.15, -0.1) is 0 Å². The van der Waals surface area contributed by atoms with Gasteiger partial charge in [0.05, 0.1) is 0 Å². The van der Waals surface area contributed by atoms with Gasteiger partial charge in [0.15, 0.2) is 8.32 Å². The highest BCUT2D eigenvalue weighted by atomic mass is 28.4. The maximum absolute atomic E-state index is 6.58. The van der Waals surface area contributed by atoms with Crippen LogP contribution in [0.4, 0.5) is 0 Å². The second-order valence-electron chi connectivity index (χ2n) is 6.91. The van der Waals surface area contributed by atoms with E-state index in [1.54, 1.807) is 0 Å². The highest BCUT2D eigenvalue weighted by Gasteiger charge is 2.51. The van der Waals surface area contributed by atoms with E-state index in [-0.39, 0.29) is 5.41 Å². The molecule has 0 spiro atoms. The van der Waals surface area contributed by atoms with Crippen LogP contribution >= 0.6 is 0 Å². The van der Waals surface area contributed by atoms with Gasteiger partial charge >= 0.3 is 0 Å². The lowest BCUT2D eigenvalue weighted by Gasteiger charge is -2.50. The maximum Gasteiger partial charge on any atom is 0.187 e. The first kappa shape index (κ1) is 15.6. The SMILES string of the molecule is C[Si](C)(C)OC1([Si](C)(C)CC[SiH3])CCCCO1. The van der Waals surface area contributed by atoms with Gasteiger partial charge in [-0.1, -0.05) is 25.2 Å². The van der Waals surface area contributed by atoms with Crippen molar-refractivity contribution in [3.8, 4) is 0 Å². The fraction of sp³-hybridized carbons (Fsp3) is 1.00. The number of ether oxygens (including phenoxy) is 1. The smallest absolute Gasteiger partial charge is 0.187 e. The van der Waals surface area contributed by atoms with Gasteiger partial charge in [-0.25, -0.2) is 0 Å². The second-order valence-corrected chi connectivity index (χ2v) is 17.4. The molecule has 0 saturated carbocycles. The Morgan fingerprint density at radius 1 is 1.18 bits per heavy atom. The molecule has 1 rings (SSSR count). The van der Waals surface area contributed by atoms with Crippen molar-refractivity contribution in [3.05, 3.63) is 0 Å². The van der Waals surface area contributed by atoms with E-state index in [0.29, 0.717) is 0 Å². The Morgan fingerprint density at radius 2 is 1.82 bits per heavy atom. The van der Waals surface area contributed by atoms with E-state index in [1.807, 2.05) is 0 Å². The highest BCUT2D eigenvalue weighted by Crippen LogP contribution is 2.39. The predicted molar refractivity (Wildman–Crippen MR) is 84.0 cm³/mol. The highest BCUT2D eigenvalue weighted by molar-refractivity contribution is 6.81. The summed E-state index contributed by atoms with van der Waals surface area (Å²) in [6.07, 6.45) is 3.63. The first-order chi connectivity index (χ1) is 7.72. The summed E-state index contributed by atoms with van der Waals surface area (Å²) in [7, 11) is -1.67. The molecular formula is C12H30O2Si3. The first-order valence-corrected chi connectivity index (χ1v) is 15.1. The predicted octanol–water partition coefficient (Wildman–Crippen LogP) is 2.77. The Morgan fingerprint density at radius 3 is 2.24 bits per heavy atom. The molecule has 1 atom stereocenters. The molecule has 5 heteroatoms. The zero-order valence-electron chi connectivity index (χ0n) is 12.6. The van der Waals surface area contributed by atoms with Gasteiger partial charge in [-0.2, -0.15) is 0 Å². The summed E-state index contributed by atoms with van der Waals surface area (Å²) in [5.74, 6) is 0. The third kappa shape index (κ3) is 4.02. The number of rotatable bonds is 5. The molecule has 0 aromatic heterocycles. The Balaban J connectivity index is 2.92. The lowest BCUT2D eigenvalue weighted by Crippen LogP contribution is -2.62. The quantitative estimate of drug-likeness (QED) is 0.725. The maximum atomic E-state index is 6.58. The van der Waals surface area contributed by atoms with Gasteiger partial charge in [0.25, 0.3) is 0 Å². The monoisotopic (exact) mass is 290 g/mol. The Hall–Kier alpha value is 0.571. The van der Waals surface area contributed by atoms with Crippen LogP contribution in [-0.2, 0) is 9.16 Å². The molecule has 1 aliphatic rings. The Labute approximate surface area is 112 Å². The average Bonchev–Trinajstić information content (AvgIpc) is 2.16. The van der Waals surface area contributed by atoms with Crippen molar-refractivity contribution in [3.63, 3.8) is 0 Å². The van der Waals surface area contributed by atoms with Crippen molar-refractivity contribution in [2.75, 3.05) is 6.61 Å². The number of hydrogen-bond acceptors (Lipinski definition) is 2. The zero-order chi connectivity index (χ0) is 13.2. The summed E-state index contributed by atoms with van der Waals surface area (Å²) >= 11 is 0. The summed E-state index contributed by atoms with van der Waals surface area (Å²) in [6, 6.07) is 2.75. The van der Waals surface area contributed by atoms with Gasteiger partial charge in [-0.3, -0.25) is 0 Å². The zero-order valence-corrected chi connectivity index (χ0v) is 16.6. The van der Waals surface area contributed by atoms with Crippen LogP contribution in [0.1, 0.15) is 19.3 Å². The van der Waals surface area contributed by atoms with E-state index in [0.717, 1.165) is 13.0 Å². The molecule has 0 aromatic rings. The summed E-state index contributed by atoms with van der Waals surface area (Å²) in [5.41, 5.74) is -0.167. The summed E-state index contributed by atoms with van der Waals surface area (Å²) < 4.78 is 12.8. The average molecular weight is 291 g/mol. The summed E-state index contributed by atoms with van der Waals surface area (Å²) in [5, 5.41) is 0. The molecule has 2 nitrogen and oxygen atoms in total. The van der Waals surface area contributed by atoms with Crippen molar-refractivity contribution >= 4 is 26.6 Å². The van der Waals surface area contributed by atoms with Crippen molar-refractivity contribution in [2.45, 2.75) is 69.5 Å². The topological polar surface area (TPSA) is 18.5 Å². The van der Waals surface area contributed by atoms with Crippen LogP contribution < -0.4 is 0 Å². The van der Waals surface area contributed by atoms with Crippen LogP contribution in [-0.4, -0.2) is 38.7 Å². The van der Waals surface area contributed by atoms with Gasteiger partial charge in [0, 0.05) is 16.8 Å². The largest absolute Gasteiger partial charge is 0.394 e. The van der Waals surface area contributed by atoms with E-state index >= 15 is 0 Å². The van der Waals surface area contributed by atoms with Crippen molar-refractivity contribution in [2.24, 2.45) is 0 Å². The Kier molecular flexibility index (Phi) is 5.23. The molecule has 1 fully saturated rings. The van der Waals surface area contributed by atoms with Gasteiger partial charge in [0.2, 0.25) is 0 Å². The molecule has 17 heavy (non-hydrogen) atoms. The van der Waals surface area contributed by atoms with Gasteiger partial charge < -0.3 is 9.16 Å². The molecule has 1 aliphatic heterocycles. The third-order valence-electron chi connectivity index (χ3n) is 3.61. The summed E-state index contributed by atoms with van der Waals surface area (Å²) in [6.45, 7) is 12.7. The molecule has 0 N–H and O–H groups in total. The minimum absolute atomic E-state index is 0.167. The summed E-state index contributed by atoms with van der Waals surface area (Å²) in [4.78, 5) is 0. The van der Waals surface area contributed by atoms with Crippen LogP contribution in [0.3, 0.4) is 0 Å². The molecule has 1 unspecified atom stereocenters. The third-order valence-corrected chi connectivity index (χ3v) is 10.6. The standard InChI is InChI=1S/C12H30O2Si3/c1-16(2,3)14-12(8-6-7-9-13-12)17(4,5)11-10-15/h6-11H2,1-5,15H3. The lowest BCUT2D eigenvalue weighted by molar-refractivity contribution is -0.157. The van der Waals surface area contributed by atoms with Crippen LogP contribution in [0.5, 0.6) is 0 Å². The van der Waals surface area contributed by atoms with Crippen molar-refractivity contribution in [1.82, 2.24) is 0 Å². The van der Waals surface area contributed by atoms with Crippen LogP contribution in [0.25, 0.3) is 0 Å². The fourth-order valence-electron chi connectivity index (χ4n) is 2.83. The molecule has 0 amide bonds. The van der Waals surface area contributed by atoms with Crippen molar-refractivity contribution in [1.29, 1.82) is 0 Å². The van der Waals surface area contributed by atoms with Gasteiger partial charge in [0.1, 0.15) is 13.5 Å². The molecule has 102 valence electrons. The second kappa shape index (κ2) is 5.69. The minimum atomic E-state index is -1.53. The fourth-order valence-corrected chi connectivity index (χ4v) is 12.7. The van der Waals surface area contributed by atoms with E-state index < -0.39 is 16.4 Å². The van der Waals surface area contributed by atoms with E-state index in [4.69, 9.17) is 9.16 Å². The Bertz CT molecular complexity index is 243. The molecule has 0 bridgehead atoms. The van der Waals surface area contributed by atoms with E-state index in [9.17, 15) is 0 Å². The van der Waals surface area contributed by atoms with Crippen LogP contribution in [0.15, 0.2) is 0 Å². The minimum Gasteiger partial charge on any atom is -0.394 e. The molecular weight excluding hydrogens is 260 g/mol. The van der Waals surface area contributed by atoms with E-state index in [1.165, 1.54) is 35.2 Å². The first-order valence-electron chi connectivity index (χ1n) is 7.07. The molecule has 0 radical (unpaired) electrons. The van der Waals surface area contributed by atoms with Crippen LogP contribution in [0.2, 0.25) is 44.8 Å². The molecule has 1 heterocycles. The van der Waals surface area contributed by atoms with E-state index in [2.05, 4.69) is 32.7 Å². The molecule has 1 saturated heterocycles. The van der Waals surface area contributed by atoms with Gasteiger partial charge in [-0.05, 0) is 38.9 Å². The lowest BCUT2D eigenvalue weighted by atomic mass is 10.2. The van der Waals surface area contributed by atoms with Crippen LogP contribution in [0, 0.1) is 0 Å².